The maximum absolute atomic E-state index is 16.3. The van der Waals surface area contributed by atoms with Crippen molar-refractivity contribution in [3.63, 3.8) is 0 Å². The highest BCUT2D eigenvalue weighted by molar-refractivity contribution is 6.39. The second kappa shape index (κ2) is 14.5. The summed E-state index contributed by atoms with van der Waals surface area (Å²) in [5.41, 5.74) is 6.36. The minimum absolute atomic E-state index is 0.0850. The SMILES string of the molecule is COc1nc(-c2cccc(-c3cccc(-c4ccc5c(c4F)CN(C[C@@H]4CCC(=O)N4)CC5)c3Cl)c2Cl)ccc1CNC[C@@H]1CCC(=O)N1. The zero-order valence-electron chi connectivity index (χ0n) is 27.3. The molecule has 3 aliphatic heterocycles. The van der Waals surface area contributed by atoms with Crippen LogP contribution in [0.1, 0.15) is 42.4 Å². The Bertz CT molecular complexity index is 1920. The summed E-state index contributed by atoms with van der Waals surface area (Å²) in [7, 11) is 1.59. The van der Waals surface area contributed by atoms with Crippen molar-refractivity contribution in [1.82, 2.24) is 25.8 Å². The third-order valence-corrected chi connectivity index (χ3v) is 10.6. The molecule has 2 saturated heterocycles. The number of hydrogen-bond acceptors (Lipinski definition) is 6. The number of nitrogens with zero attached hydrogens (tertiary/aromatic N) is 2. The van der Waals surface area contributed by atoms with Gasteiger partial charge in [0.1, 0.15) is 5.82 Å². The molecular weight excluding hydrogens is 664 g/mol. The van der Waals surface area contributed by atoms with E-state index < -0.39 is 0 Å². The van der Waals surface area contributed by atoms with Crippen molar-refractivity contribution in [2.24, 2.45) is 0 Å². The Morgan fingerprint density at radius 3 is 2.18 bits per heavy atom. The molecule has 0 aliphatic carbocycles. The van der Waals surface area contributed by atoms with Crippen molar-refractivity contribution in [2.45, 2.75) is 57.3 Å². The van der Waals surface area contributed by atoms with Crippen molar-refractivity contribution in [3.05, 3.63) is 93.2 Å². The van der Waals surface area contributed by atoms with Crippen LogP contribution in [0.2, 0.25) is 10.0 Å². The van der Waals surface area contributed by atoms with Crippen molar-refractivity contribution < 1.29 is 18.7 Å². The number of rotatable bonds is 10. The number of amides is 2. The fraction of sp³-hybridized carbons (Fsp3) is 0.342. The first kappa shape index (κ1) is 33.5. The predicted octanol–water partition coefficient (Wildman–Crippen LogP) is 6.54. The van der Waals surface area contributed by atoms with E-state index in [1.54, 1.807) is 7.11 Å². The van der Waals surface area contributed by atoms with Gasteiger partial charge in [-0.1, -0.05) is 77.8 Å². The highest BCUT2D eigenvalue weighted by Gasteiger charge is 2.28. The molecule has 1 aromatic heterocycles. The number of benzene rings is 3. The Hall–Kier alpha value is -4.02. The van der Waals surface area contributed by atoms with Crippen molar-refractivity contribution >= 4 is 35.0 Å². The Morgan fingerprint density at radius 2 is 1.51 bits per heavy atom. The molecule has 2 atom stereocenters. The molecule has 0 radical (unpaired) electrons. The number of fused-ring (bicyclic) bond motifs is 1. The maximum atomic E-state index is 16.3. The summed E-state index contributed by atoms with van der Waals surface area (Å²) in [4.78, 5) is 30.2. The van der Waals surface area contributed by atoms with E-state index in [1.807, 2.05) is 60.7 Å². The predicted molar refractivity (Wildman–Crippen MR) is 190 cm³/mol. The summed E-state index contributed by atoms with van der Waals surface area (Å²) in [6, 6.07) is 19.2. The van der Waals surface area contributed by atoms with Crippen LogP contribution in [0, 0.1) is 5.82 Å². The Labute approximate surface area is 295 Å². The van der Waals surface area contributed by atoms with Crippen LogP contribution in [0.5, 0.6) is 5.88 Å². The van der Waals surface area contributed by atoms with Gasteiger partial charge in [-0.3, -0.25) is 14.5 Å². The zero-order chi connectivity index (χ0) is 34.1. The van der Waals surface area contributed by atoms with Gasteiger partial charge in [0.05, 0.1) is 22.8 Å². The molecule has 3 N–H and O–H groups in total. The van der Waals surface area contributed by atoms with Crippen LogP contribution in [0.4, 0.5) is 4.39 Å². The topological polar surface area (TPSA) is 95.6 Å². The van der Waals surface area contributed by atoms with Gasteiger partial charge in [-0.25, -0.2) is 9.37 Å². The van der Waals surface area contributed by atoms with Crippen LogP contribution in [0.25, 0.3) is 33.5 Å². The number of halogens is 3. The molecule has 2 amide bonds. The first-order valence-corrected chi connectivity index (χ1v) is 17.5. The minimum atomic E-state index is -0.268. The molecule has 254 valence electrons. The lowest BCUT2D eigenvalue weighted by Gasteiger charge is -2.31. The fourth-order valence-corrected chi connectivity index (χ4v) is 7.82. The third-order valence-electron chi connectivity index (χ3n) is 9.76. The van der Waals surface area contributed by atoms with Crippen molar-refractivity contribution in [2.75, 3.05) is 26.7 Å². The summed E-state index contributed by atoms with van der Waals surface area (Å²) >= 11 is 14.2. The Kier molecular flexibility index (Phi) is 9.87. The number of carbonyl (C=O) groups excluding carboxylic acids is 2. The summed E-state index contributed by atoms with van der Waals surface area (Å²) in [6.45, 7) is 3.22. The molecule has 2 fully saturated rings. The molecule has 0 spiro atoms. The minimum Gasteiger partial charge on any atom is -0.481 e. The molecule has 0 bridgehead atoms. The van der Waals surface area contributed by atoms with Gasteiger partial charge in [0.25, 0.3) is 0 Å². The number of aromatic nitrogens is 1. The summed E-state index contributed by atoms with van der Waals surface area (Å²) in [5.74, 6) is 0.391. The number of carbonyl (C=O) groups is 2. The van der Waals surface area contributed by atoms with Crippen molar-refractivity contribution in [1.29, 1.82) is 0 Å². The van der Waals surface area contributed by atoms with Gasteiger partial charge in [-0.2, -0.15) is 0 Å². The molecule has 0 saturated carbocycles. The number of hydrogen-bond donors (Lipinski definition) is 3. The van der Waals surface area contributed by atoms with Gasteiger partial charge < -0.3 is 20.7 Å². The highest BCUT2D eigenvalue weighted by atomic mass is 35.5. The van der Waals surface area contributed by atoms with Crippen molar-refractivity contribution in [3.8, 4) is 39.4 Å². The lowest BCUT2D eigenvalue weighted by atomic mass is 9.92. The third kappa shape index (κ3) is 7.03. The first-order valence-electron chi connectivity index (χ1n) is 16.7. The van der Waals surface area contributed by atoms with E-state index in [1.165, 1.54) is 0 Å². The number of ether oxygens (including phenoxy) is 1. The first-order chi connectivity index (χ1) is 23.8. The highest BCUT2D eigenvalue weighted by Crippen LogP contribution is 2.43. The van der Waals surface area contributed by atoms with Gasteiger partial charge in [0.2, 0.25) is 17.7 Å². The average Bonchev–Trinajstić information content (AvgIpc) is 3.72. The zero-order valence-corrected chi connectivity index (χ0v) is 28.8. The second-order valence-corrected chi connectivity index (χ2v) is 13.7. The van der Waals surface area contributed by atoms with Crippen LogP contribution >= 0.6 is 23.2 Å². The van der Waals surface area contributed by atoms with E-state index in [2.05, 4.69) is 20.9 Å². The lowest BCUT2D eigenvalue weighted by molar-refractivity contribution is -0.120. The van der Waals surface area contributed by atoms with Crippen LogP contribution in [0.15, 0.2) is 60.7 Å². The fourth-order valence-electron chi connectivity index (χ4n) is 7.17. The smallest absolute Gasteiger partial charge is 0.220 e. The number of pyridine rings is 1. The Balaban J connectivity index is 1.13. The van der Waals surface area contributed by atoms with E-state index in [4.69, 9.17) is 32.9 Å². The van der Waals surface area contributed by atoms with E-state index in [9.17, 15) is 9.59 Å². The van der Waals surface area contributed by atoms with E-state index in [0.29, 0.717) is 94.0 Å². The lowest BCUT2D eigenvalue weighted by Crippen LogP contribution is -2.41. The van der Waals surface area contributed by atoms with Crippen LogP contribution < -0.4 is 20.7 Å². The molecule has 8 nitrogen and oxygen atoms in total. The molecule has 49 heavy (non-hydrogen) atoms. The monoisotopic (exact) mass is 701 g/mol. The molecule has 4 aromatic rings. The largest absolute Gasteiger partial charge is 0.481 e. The summed E-state index contributed by atoms with van der Waals surface area (Å²) in [6.07, 6.45) is 3.50. The van der Waals surface area contributed by atoms with Gasteiger partial charge in [0, 0.05) is 96.6 Å². The molecule has 3 aromatic carbocycles. The van der Waals surface area contributed by atoms with E-state index in [0.717, 1.165) is 36.9 Å². The molecule has 11 heteroatoms. The van der Waals surface area contributed by atoms with Gasteiger partial charge in [-0.15, -0.1) is 0 Å². The summed E-state index contributed by atoms with van der Waals surface area (Å²) < 4.78 is 22.0. The van der Waals surface area contributed by atoms with Gasteiger partial charge >= 0.3 is 0 Å². The van der Waals surface area contributed by atoms with Crippen LogP contribution in [-0.2, 0) is 29.1 Å². The summed E-state index contributed by atoms with van der Waals surface area (Å²) in [5, 5.41) is 10.3. The van der Waals surface area contributed by atoms with E-state index in [-0.39, 0.29) is 29.7 Å². The molecule has 3 aliphatic rings. The maximum Gasteiger partial charge on any atom is 0.220 e. The second-order valence-electron chi connectivity index (χ2n) is 13.0. The van der Waals surface area contributed by atoms with Gasteiger partial charge in [-0.05, 0) is 30.9 Å². The van der Waals surface area contributed by atoms with Crippen LogP contribution in [-0.4, -0.2) is 60.5 Å². The molecule has 0 unspecified atom stereocenters. The van der Waals surface area contributed by atoms with Crippen LogP contribution in [0.3, 0.4) is 0 Å². The molecule has 4 heterocycles. The number of methoxy groups -OCH3 is 1. The average molecular weight is 703 g/mol. The quantitative estimate of drug-likeness (QED) is 0.174. The molecular formula is C38H38Cl2FN5O3. The Morgan fingerprint density at radius 1 is 0.857 bits per heavy atom. The standard InChI is InChI=1S/C38H38Cl2FN5O3/c1-49-38-23(18-42-19-24-10-14-33(47)43-24)9-13-32(45-38)30-7-3-5-27(36(30)40)26-4-2-6-28(35(26)39)29-12-8-22-16-17-46(21-31(22)37(29)41)20-25-11-15-34(48)44-25/h2-9,12-13,24-25,42H,10-11,14-21H2,1H3,(H,43,47)(H,44,48)/t24-,25-/m0/s1. The number of nitrogens with one attached hydrogen (secondary N) is 3. The van der Waals surface area contributed by atoms with Gasteiger partial charge in [0.15, 0.2) is 0 Å². The van der Waals surface area contributed by atoms with E-state index >= 15 is 4.39 Å². The molecule has 7 rings (SSSR count). The normalized spacial score (nSPS) is 19.1.